The number of carbonyl (C=O) groups excluding carboxylic acids is 1. The van der Waals surface area contributed by atoms with Gasteiger partial charge in [-0.1, -0.05) is 18.2 Å². The number of anilines is 1. The molecule has 2 N–H and O–H groups in total. The molecule has 1 saturated carbocycles. The first-order valence-corrected chi connectivity index (χ1v) is 6.94. The lowest BCUT2D eigenvalue weighted by Crippen LogP contribution is -2.36. The number of hydrogen-bond acceptors (Lipinski definition) is 4. The fraction of sp³-hybridized carbons (Fsp3) is 0.333. The van der Waals surface area contributed by atoms with Crippen LogP contribution in [0.5, 0.6) is 0 Å². The van der Waals surface area contributed by atoms with Gasteiger partial charge in [-0.25, -0.2) is 0 Å². The zero-order valence-corrected chi connectivity index (χ0v) is 11.5. The summed E-state index contributed by atoms with van der Waals surface area (Å²) >= 11 is 0. The van der Waals surface area contributed by atoms with Gasteiger partial charge in [0.1, 0.15) is 0 Å². The summed E-state index contributed by atoms with van der Waals surface area (Å²) in [6.45, 7) is 0. The number of carboxylic acid groups (broad SMARTS) is 1. The van der Waals surface area contributed by atoms with Crippen molar-refractivity contribution in [2.45, 2.75) is 6.42 Å². The third kappa shape index (κ3) is 2.34. The summed E-state index contributed by atoms with van der Waals surface area (Å²) in [5, 5.41) is 22.7. The summed E-state index contributed by atoms with van der Waals surface area (Å²) in [7, 11) is 0. The molecule has 0 aliphatic heterocycles. The van der Waals surface area contributed by atoms with Gasteiger partial charge in [-0.2, -0.15) is 0 Å². The molecule has 2 aliphatic carbocycles. The smallest absolute Gasteiger partial charge is 0.307 e. The average Bonchev–Trinajstić information content (AvgIpc) is 3.07. The number of hydrogen-bond donors (Lipinski definition) is 2. The maximum Gasteiger partial charge on any atom is 0.307 e. The molecule has 22 heavy (non-hydrogen) atoms. The van der Waals surface area contributed by atoms with Gasteiger partial charge in [0.2, 0.25) is 5.91 Å². The molecule has 0 heterocycles. The van der Waals surface area contributed by atoms with Crippen molar-refractivity contribution in [3.63, 3.8) is 0 Å². The summed E-state index contributed by atoms with van der Waals surface area (Å²) in [6, 6.07) is 5.61. The number of rotatable bonds is 4. The molecule has 1 aromatic carbocycles. The van der Waals surface area contributed by atoms with Crippen molar-refractivity contribution in [2.75, 3.05) is 5.32 Å². The quantitative estimate of drug-likeness (QED) is 0.502. The second kappa shape index (κ2) is 5.25. The van der Waals surface area contributed by atoms with Crippen molar-refractivity contribution in [3.05, 3.63) is 46.5 Å². The van der Waals surface area contributed by atoms with Crippen LogP contribution in [-0.4, -0.2) is 21.9 Å². The lowest BCUT2D eigenvalue weighted by Gasteiger charge is -2.23. The van der Waals surface area contributed by atoms with Crippen molar-refractivity contribution < 1.29 is 19.6 Å². The Kier molecular flexibility index (Phi) is 3.40. The average molecular weight is 302 g/mol. The normalized spacial score (nSPS) is 28.5. The zero-order chi connectivity index (χ0) is 15.9. The summed E-state index contributed by atoms with van der Waals surface area (Å²) in [5.74, 6) is -2.92. The molecule has 0 radical (unpaired) electrons. The monoisotopic (exact) mass is 302 g/mol. The molecule has 7 nitrogen and oxygen atoms in total. The minimum Gasteiger partial charge on any atom is -0.481 e. The SMILES string of the molecule is O=C(O)C1C2C=CC(C2)C1C(=O)Nc1cccc([N+](=O)[O-])c1. The van der Waals surface area contributed by atoms with E-state index in [1.807, 2.05) is 12.2 Å². The van der Waals surface area contributed by atoms with E-state index in [9.17, 15) is 24.8 Å². The van der Waals surface area contributed by atoms with Crippen LogP contribution in [0, 0.1) is 33.8 Å². The molecule has 0 saturated heterocycles. The minimum absolute atomic E-state index is 0.0789. The molecule has 2 bridgehead atoms. The lowest BCUT2D eigenvalue weighted by atomic mass is 9.82. The van der Waals surface area contributed by atoms with Crippen molar-refractivity contribution in [1.82, 2.24) is 0 Å². The Balaban J connectivity index is 1.80. The number of allylic oxidation sites excluding steroid dienone is 2. The standard InChI is InChI=1S/C15H14N2O5/c18-14(16-10-2-1-3-11(7-10)17(21)22)12-8-4-5-9(6-8)13(12)15(19)20/h1-5,7-9,12-13H,6H2,(H,16,18)(H,19,20). The number of amides is 1. The van der Waals surface area contributed by atoms with Crippen molar-refractivity contribution >= 4 is 23.3 Å². The summed E-state index contributed by atoms with van der Waals surface area (Å²) in [6.07, 6.45) is 4.42. The van der Waals surface area contributed by atoms with Gasteiger partial charge in [-0.15, -0.1) is 0 Å². The van der Waals surface area contributed by atoms with Crippen LogP contribution in [0.3, 0.4) is 0 Å². The maximum absolute atomic E-state index is 12.4. The molecule has 4 atom stereocenters. The zero-order valence-electron chi connectivity index (χ0n) is 11.5. The van der Waals surface area contributed by atoms with Gasteiger partial charge in [-0.3, -0.25) is 19.7 Å². The number of nitro groups is 1. The first-order valence-electron chi connectivity index (χ1n) is 6.94. The molecule has 1 amide bonds. The summed E-state index contributed by atoms with van der Waals surface area (Å²) in [5.41, 5.74) is 0.176. The van der Waals surface area contributed by atoms with Gasteiger partial charge in [0.15, 0.2) is 0 Å². The summed E-state index contributed by atoms with van der Waals surface area (Å²) in [4.78, 5) is 34.0. The van der Waals surface area contributed by atoms with Gasteiger partial charge in [-0.05, 0) is 24.3 Å². The Labute approximate surface area is 125 Å². The molecular weight excluding hydrogens is 288 g/mol. The highest BCUT2D eigenvalue weighted by atomic mass is 16.6. The number of nitro benzene ring substituents is 1. The third-order valence-corrected chi connectivity index (χ3v) is 4.37. The second-order valence-electron chi connectivity index (χ2n) is 5.63. The van der Waals surface area contributed by atoms with E-state index in [-0.39, 0.29) is 17.5 Å². The molecular formula is C15H14N2O5. The predicted octanol–water partition coefficient (Wildman–Crippen LogP) is 2.06. The fourth-order valence-corrected chi connectivity index (χ4v) is 3.44. The van der Waals surface area contributed by atoms with E-state index >= 15 is 0 Å². The van der Waals surface area contributed by atoms with E-state index in [1.165, 1.54) is 18.2 Å². The highest BCUT2D eigenvalue weighted by Gasteiger charge is 2.51. The molecule has 2 aliphatic rings. The Morgan fingerprint density at radius 3 is 2.55 bits per heavy atom. The Bertz CT molecular complexity index is 684. The molecule has 7 heteroatoms. The Morgan fingerprint density at radius 2 is 1.91 bits per heavy atom. The number of benzene rings is 1. The van der Waals surface area contributed by atoms with Crippen LogP contribution < -0.4 is 5.32 Å². The molecule has 3 rings (SSSR count). The van der Waals surface area contributed by atoms with Crippen LogP contribution in [0.15, 0.2) is 36.4 Å². The van der Waals surface area contributed by atoms with Crippen LogP contribution in [0.1, 0.15) is 6.42 Å². The van der Waals surface area contributed by atoms with E-state index in [4.69, 9.17) is 0 Å². The van der Waals surface area contributed by atoms with Gasteiger partial charge >= 0.3 is 5.97 Å². The molecule has 1 aromatic rings. The van der Waals surface area contributed by atoms with E-state index in [2.05, 4.69) is 5.32 Å². The Morgan fingerprint density at radius 1 is 1.23 bits per heavy atom. The van der Waals surface area contributed by atoms with Crippen LogP contribution >= 0.6 is 0 Å². The topological polar surface area (TPSA) is 110 Å². The summed E-state index contributed by atoms with van der Waals surface area (Å²) < 4.78 is 0. The lowest BCUT2D eigenvalue weighted by molar-refractivity contribution is -0.384. The van der Waals surface area contributed by atoms with Crippen molar-refractivity contribution in [2.24, 2.45) is 23.7 Å². The molecule has 114 valence electrons. The number of aliphatic carboxylic acids is 1. The van der Waals surface area contributed by atoms with Crippen LogP contribution in [0.4, 0.5) is 11.4 Å². The van der Waals surface area contributed by atoms with E-state index in [0.717, 1.165) is 0 Å². The second-order valence-corrected chi connectivity index (χ2v) is 5.63. The van der Waals surface area contributed by atoms with E-state index < -0.39 is 28.6 Å². The largest absolute Gasteiger partial charge is 0.481 e. The Hall–Kier alpha value is -2.70. The first kappa shape index (κ1) is 14.2. The molecule has 1 fully saturated rings. The van der Waals surface area contributed by atoms with E-state index in [0.29, 0.717) is 12.1 Å². The van der Waals surface area contributed by atoms with Crippen molar-refractivity contribution in [3.8, 4) is 0 Å². The van der Waals surface area contributed by atoms with Gasteiger partial charge < -0.3 is 10.4 Å². The van der Waals surface area contributed by atoms with Crippen LogP contribution in [0.2, 0.25) is 0 Å². The maximum atomic E-state index is 12.4. The van der Waals surface area contributed by atoms with Gasteiger partial charge in [0.25, 0.3) is 5.69 Å². The number of nitrogens with one attached hydrogen (secondary N) is 1. The molecule has 4 unspecified atom stereocenters. The number of nitrogens with zero attached hydrogens (tertiary/aromatic N) is 1. The van der Waals surface area contributed by atoms with E-state index in [1.54, 1.807) is 6.07 Å². The highest BCUT2D eigenvalue weighted by Crippen LogP contribution is 2.48. The molecule has 0 aromatic heterocycles. The van der Waals surface area contributed by atoms with Gasteiger partial charge in [0, 0.05) is 17.8 Å². The third-order valence-electron chi connectivity index (χ3n) is 4.37. The number of fused-ring (bicyclic) bond motifs is 2. The molecule has 0 spiro atoms. The van der Waals surface area contributed by atoms with Gasteiger partial charge in [0.05, 0.1) is 16.8 Å². The number of carboxylic acids is 1. The number of non-ortho nitro benzene ring substituents is 1. The van der Waals surface area contributed by atoms with Crippen molar-refractivity contribution in [1.29, 1.82) is 0 Å². The van der Waals surface area contributed by atoms with Crippen LogP contribution in [-0.2, 0) is 9.59 Å². The highest BCUT2D eigenvalue weighted by molar-refractivity contribution is 5.96. The predicted molar refractivity (Wildman–Crippen MR) is 77.1 cm³/mol. The minimum atomic E-state index is -0.976. The van der Waals surface area contributed by atoms with Crippen LogP contribution in [0.25, 0.3) is 0 Å². The fourth-order valence-electron chi connectivity index (χ4n) is 3.44. The number of carbonyl (C=O) groups is 2. The first-order chi connectivity index (χ1) is 10.5.